The first-order chi connectivity index (χ1) is 13.0. The standard InChI is InChI=1S/C19H23FN4O3/c20-15-5-1-2-6-16(15)21-19(27)23-11-14(12-23)24-10-13(9-17(24)25)18(26)22-7-3-4-8-22/h1-2,5-6,13-14H,3-4,7-12H2,(H,21,27). The van der Waals surface area contributed by atoms with Crippen LogP contribution in [0.2, 0.25) is 0 Å². The predicted molar refractivity (Wildman–Crippen MR) is 96.4 cm³/mol. The number of amides is 4. The summed E-state index contributed by atoms with van der Waals surface area (Å²) in [7, 11) is 0. The van der Waals surface area contributed by atoms with Crippen LogP contribution in [-0.4, -0.2) is 71.3 Å². The van der Waals surface area contributed by atoms with E-state index in [1.54, 1.807) is 21.9 Å². The highest BCUT2D eigenvalue weighted by atomic mass is 19.1. The Bertz CT molecular complexity index is 759. The van der Waals surface area contributed by atoms with Gasteiger partial charge in [0.25, 0.3) is 0 Å². The van der Waals surface area contributed by atoms with Gasteiger partial charge in [-0.2, -0.15) is 0 Å². The lowest BCUT2D eigenvalue weighted by molar-refractivity contribution is -0.135. The van der Waals surface area contributed by atoms with Gasteiger partial charge in [-0.3, -0.25) is 9.59 Å². The van der Waals surface area contributed by atoms with E-state index in [-0.39, 0.29) is 41.9 Å². The van der Waals surface area contributed by atoms with Gasteiger partial charge in [-0.15, -0.1) is 0 Å². The fraction of sp³-hybridized carbons (Fsp3) is 0.526. The van der Waals surface area contributed by atoms with Crippen molar-refractivity contribution in [3.63, 3.8) is 0 Å². The minimum atomic E-state index is -0.485. The Kier molecular flexibility index (Phi) is 4.72. The Hall–Kier alpha value is -2.64. The van der Waals surface area contributed by atoms with E-state index in [2.05, 4.69) is 5.32 Å². The molecule has 7 nitrogen and oxygen atoms in total. The number of para-hydroxylation sites is 1. The van der Waals surface area contributed by atoms with E-state index in [0.717, 1.165) is 25.9 Å². The van der Waals surface area contributed by atoms with Crippen molar-refractivity contribution < 1.29 is 18.8 Å². The normalized spacial score (nSPS) is 22.9. The molecule has 0 radical (unpaired) electrons. The van der Waals surface area contributed by atoms with Crippen LogP contribution in [-0.2, 0) is 9.59 Å². The number of hydrogen-bond acceptors (Lipinski definition) is 3. The molecule has 0 bridgehead atoms. The number of rotatable bonds is 3. The second-order valence-electron chi connectivity index (χ2n) is 7.45. The van der Waals surface area contributed by atoms with Crippen molar-refractivity contribution in [2.75, 3.05) is 38.0 Å². The molecular formula is C19H23FN4O3. The Morgan fingerprint density at radius 1 is 1.04 bits per heavy atom. The maximum atomic E-state index is 13.6. The summed E-state index contributed by atoms with van der Waals surface area (Å²) >= 11 is 0. The maximum absolute atomic E-state index is 13.6. The van der Waals surface area contributed by atoms with Gasteiger partial charge in [0.2, 0.25) is 11.8 Å². The number of carbonyl (C=O) groups is 3. The molecular weight excluding hydrogens is 351 g/mol. The second-order valence-corrected chi connectivity index (χ2v) is 7.45. The highest BCUT2D eigenvalue weighted by Crippen LogP contribution is 2.27. The second kappa shape index (κ2) is 7.17. The number of halogens is 1. The van der Waals surface area contributed by atoms with Crippen molar-refractivity contribution in [1.29, 1.82) is 0 Å². The number of nitrogens with one attached hydrogen (secondary N) is 1. The SMILES string of the molecule is O=C(Nc1ccccc1F)N1CC(N2CC(C(=O)N3CCCC3)CC2=O)C1. The number of urea groups is 1. The van der Waals surface area contributed by atoms with Crippen LogP contribution in [0.4, 0.5) is 14.9 Å². The van der Waals surface area contributed by atoms with E-state index in [1.165, 1.54) is 12.1 Å². The first-order valence-corrected chi connectivity index (χ1v) is 9.41. The van der Waals surface area contributed by atoms with Crippen LogP contribution >= 0.6 is 0 Å². The van der Waals surface area contributed by atoms with Crippen molar-refractivity contribution in [3.05, 3.63) is 30.1 Å². The molecule has 0 aromatic heterocycles. The zero-order chi connectivity index (χ0) is 19.0. The van der Waals surface area contributed by atoms with Gasteiger partial charge in [-0.1, -0.05) is 12.1 Å². The molecule has 0 spiro atoms. The average Bonchev–Trinajstić information content (AvgIpc) is 3.26. The predicted octanol–water partition coefficient (Wildman–Crippen LogP) is 1.51. The molecule has 1 unspecified atom stereocenters. The minimum Gasteiger partial charge on any atom is -0.342 e. The first kappa shape index (κ1) is 17.8. The van der Waals surface area contributed by atoms with E-state index >= 15 is 0 Å². The highest BCUT2D eigenvalue weighted by Gasteiger charge is 2.44. The molecule has 3 saturated heterocycles. The van der Waals surface area contributed by atoms with Crippen LogP contribution in [0, 0.1) is 11.7 Å². The van der Waals surface area contributed by atoms with Crippen molar-refractivity contribution >= 4 is 23.5 Å². The molecule has 4 amide bonds. The smallest absolute Gasteiger partial charge is 0.322 e. The van der Waals surface area contributed by atoms with E-state index < -0.39 is 5.82 Å². The molecule has 1 atom stereocenters. The van der Waals surface area contributed by atoms with E-state index in [4.69, 9.17) is 0 Å². The minimum absolute atomic E-state index is 0.0216. The van der Waals surface area contributed by atoms with E-state index in [9.17, 15) is 18.8 Å². The average molecular weight is 374 g/mol. The van der Waals surface area contributed by atoms with Crippen molar-refractivity contribution in [2.45, 2.75) is 25.3 Å². The Labute approximate surface area is 157 Å². The molecule has 8 heteroatoms. The number of anilines is 1. The molecule has 0 saturated carbocycles. The summed E-state index contributed by atoms with van der Waals surface area (Å²) in [5.41, 5.74) is 0.138. The Balaban J connectivity index is 1.29. The van der Waals surface area contributed by atoms with Gasteiger partial charge in [-0.05, 0) is 25.0 Å². The van der Waals surface area contributed by atoms with E-state index in [0.29, 0.717) is 19.6 Å². The maximum Gasteiger partial charge on any atom is 0.322 e. The summed E-state index contributed by atoms with van der Waals surface area (Å²) in [6.45, 7) is 2.81. The highest BCUT2D eigenvalue weighted by molar-refractivity contribution is 5.91. The van der Waals surface area contributed by atoms with Crippen molar-refractivity contribution in [3.8, 4) is 0 Å². The lowest BCUT2D eigenvalue weighted by Gasteiger charge is -2.43. The van der Waals surface area contributed by atoms with Crippen LogP contribution in [0.5, 0.6) is 0 Å². The monoisotopic (exact) mass is 374 g/mol. The summed E-state index contributed by atoms with van der Waals surface area (Å²) in [6.07, 6.45) is 2.32. The number of benzene rings is 1. The molecule has 1 aromatic carbocycles. The molecule has 144 valence electrons. The lowest BCUT2D eigenvalue weighted by Crippen LogP contribution is -2.62. The zero-order valence-corrected chi connectivity index (χ0v) is 15.1. The van der Waals surface area contributed by atoms with Crippen molar-refractivity contribution in [1.82, 2.24) is 14.7 Å². The number of hydrogen-bond donors (Lipinski definition) is 1. The third-order valence-corrected chi connectivity index (χ3v) is 5.63. The van der Waals surface area contributed by atoms with Gasteiger partial charge in [-0.25, -0.2) is 9.18 Å². The van der Waals surface area contributed by atoms with Crippen LogP contribution in [0.3, 0.4) is 0 Å². The summed E-state index contributed by atoms with van der Waals surface area (Å²) in [6, 6.07) is 5.55. The van der Waals surface area contributed by atoms with E-state index in [1.807, 2.05) is 4.90 Å². The summed E-state index contributed by atoms with van der Waals surface area (Å²) in [5, 5.41) is 2.55. The fourth-order valence-electron chi connectivity index (χ4n) is 4.02. The molecule has 0 aliphatic carbocycles. The quantitative estimate of drug-likeness (QED) is 0.872. The van der Waals surface area contributed by atoms with Gasteiger partial charge in [0.1, 0.15) is 5.82 Å². The zero-order valence-electron chi connectivity index (χ0n) is 15.1. The van der Waals surface area contributed by atoms with Crippen LogP contribution in [0.15, 0.2) is 24.3 Å². The summed E-state index contributed by atoms with van der Waals surface area (Å²) < 4.78 is 13.6. The molecule has 27 heavy (non-hydrogen) atoms. The molecule has 3 heterocycles. The largest absolute Gasteiger partial charge is 0.342 e. The lowest BCUT2D eigenvalue weighted by atomic mass is 10.1. The van der Waals surface area contributed by atoms with Crippen LogP contribution in [0.1, 0.15) is 19.3 Å². The molecule has 1 aromatic rings. The summed E-state index contributed by atoms with van der Waals surface area (Å²) in [5.74, 6) is -0.693. The fourth-order valence-corrected chi connectivity index (χ4v) is 4.02. The molecule has 4 rings (SSSR count). The van der Waals surface area contributed by atoms with Gasteiger partial charge in [0.15, 0.2) is 0 Å². The number of carbonyl (C=O) groups excluding carboxylic acids is 3. The molecule has 3 aliphatic rings. The summed E-state index contributed by atoms with van der Waals surface area (Å²) in [4.78, 5) is 42.2. The molecule has 3 fully saturated rings. The Morgan fingerprint density at radius 3 is 2.44 bits per heavy atom. The van der Waals surface area contributed by atoms with Gasteiger partial charge in [0, 0.05) is 39.1 Å². The number of likely N-dealkylation sites (tertiary alicyclic amines) is 3. The van der Waals surface area contributed by atoms with Gasteiger partial charge >= 0.3 is 6.03 Å². The molecule has 1 N–H and O–H groups in total. The third-order valence-electron chi connectivity index (χ3n) is 5.63. The Morgan fingerprint density at radius 2 is 1.74 bits per heavy atom. The van der Waals surface area contributed by atoms with Crippen molar-refractivity contribution in [2.24, 2.45) is 5.92 Å². The topological polar surface area (TPSA) is 73.0 Å². The van der Waals surface area contributed by atoms with Crippen LogP contribution < -0.4 is 5.32 Å². The first-order valence-electron chi connectivity index (χ1n) is 9.41. The third kappa shape index (κ3) is 3.48. The number of nitrogens with zero attached hydrogens (tertiary/aromatic N) is 3. The van der Waals surface area contributed by atoms with Gasteiger partial charge in [0.05, 0.1) is 17.6 Å². The molecule has 3 aliphatic heterocycles. The van der Waals surface area contributed by atoms with Crippen LogP contribution in [0.25, 0.3) is 0 Å². The van der Waals surface area contributed by atoms with Gasteiger partial charge < -0.3 is 20.0 Å².